The summed E-state index contributed by atoms with van der Waals surface area (Å²) in [5, 5.41) is 7.07. The number of rotatable bonds is 5. The molecule has 0 saturated carbocycles. The Morgan fingerprint density at radius 2 is 1.94 bits per heavy atom. The van der Waals surface area contributed by atoms with Gasteiger partial charge in [-0.1, -0.05) is 40.2 Å². The lowest BCUT2D eigenvalue weighted by Gasteiger charge is -2.26. The molecular formula is C27H30BrN3O3. The van der Waals surface area contributed by atoms with Crippen LogP contribution in [-0.2, 0) is 22.4 Å². The number of aromatic amines is 1. The number of hydrogen-bond acceptors (Lipinski definition) is 3. The van der Waals surface area contributed by atoms with Crippen LogP contribution in [0.3, 0.4) is 0 Å². The van der Waals surface area contributed by atoms with Gasteiger partial charge in [-0.25, -0.2) is 4.79 Å². The highest BCUT2D eigenvalue weighted by atomic mass is 79.9. The fourth-order valence-electron chi connectivity index (χ4n) is 4.18. The third kappa shape index (κ3) is 6.29. The predicted molar refractivity (Wildman–Crippen MR) is 140 cm³/mol. The van der Waals surface area contributed by atoms with Gasteiger partial charge in [0, 0.05) is 39.2 Å². The molecule has 0 radical (unpaired) electrons. The van der Waals surface area contributed by atoms with E-state index in [1.807, 2.05) is 75.4 Å². The molecule has 0 spiro atoms. The Labute approximate surface area is 208 Å². The van der Waals surface area contributed by atoms with Crippen LogP contribution in [0.25, 0.3) is 17.0 Å². The Hall–Kier alpha value is -3.06. The molecule has 1 heterocycles. The highest BCUT2D eigenvalue weighted by Crippen LogP contribution is 2.31. The number of nitrogens with one attached hydrogen (secondary N) is 3. The van der Waals surface area contributed by atoms with Gasteiger partial charge in [0.25, 0.3) is 0 Å². The first-order chi connectivity index (χ1) is 16.2. The van der Waals surface area contributed by atoms with Gasteiger partial charge in [-0.3, -0.25) is 4.79 Å². The number of anilines is 1. The van der Waals surface area contributed by atoms with Crippen molar-refractivity contribution in [3.63, 3.8) is 0 Å². The van der Waals surface area contributed by atoms with Crippen molar-refractivity contribution in [1.29, 1.82) is 0 Å². The number of aryl methyl sites for hydroxylation is 1. The molecule has 34 heavy (non-hydrogen) atoms. The molecular weight excluding hydrogens is 494 g/mol. The van der Waals surface area contributed by atoms with Crippen LogP contribution in [0.1, 0.15) is 50.4 Å². The van der Waals surface area contributed by atoms with Gasteiger partial charge in [-0.15, -0.1) is 0 Å². The second-order valence-corrected chi connectivity index (χ2v) is 10.6. The summed E-state index contributed by atoms with van der Waals surface area (Å²) in [6.45, 7) is 5.58. The van der Waals surface area contributed by atoms with Crippen LogP contribution >= 0.6 is 15.9 Å². The fourth-order valence-corrected chi connectivity index (χ4v) is 4.44. The van der Waals surface area contributed by atoms with Crippen LogP contribution in [0.4, 0.5) is 10.5 Å². The summed E-state index contributed by atoms with van der Waals surface area (Å²) in [5.74, 6) is -0.0680. The molecule has 6 nitrogen and oxygen atoms in total. The van der Waals surface area contributed by atoms with Crippen LogP contribution in [-0.4, -0.2) is 28.6 Å². The molecule has 1 atom stereocenters. The third-order valence-corrected chi connectivity index (χ3v) is 6.20. The first-order valence-electron chi connectivity index (χ1n) is 11.5. The average molecular weight is 524 g/mol. The van der Waals surface area contributed by atoms with E-state index in [9.17, 15) is 9.59 Å². The van der Waals surface area contributed by atoms with Gasteiger partial charge in [0.1, 0.15) is 5.60 Å². The smallest absolute Gasteiger partial charge is 0.407 e. The molecule has 7 heteroatoms. The van der Waals surface area contributed by atoms with E-state index in [0.717, 1.165) is 45.9 Å². The molecule has 1 unspecified atom stereocenters. The van der Waals surface area contributed by atoms with Crippen molar-refractivity contribution in [2.75, 3.05) is 5.32 Å². The molecule has 2 aromatic carbocycles. The summed E-state index contributed by atoms with van der Waals surface area (Å²) in [6.07, 6.45) is 6.14. The Balaban J connectivity index is 1.40. The van der Waals surface area contributed by atoms with Crippen LogP contribution < -0.4 is 10.6 Å². The Morgan fingerprint density at radius 3 is 2.68 bits per heavy atom. The van der Waals surface area contributed by atoms with Gasteiger partial charge in [0.05, 0.1) is 0 Å². The number of carbonyl (C=O) groups excluding carboxylic acids is 2. The molecule has 4 rings (SSSR count). The zero-order valence-corrected chi connectivity index (χ0v) is 21.3. The van der Waals surface area contributed by atoms with Crippen LogP contribution in [0, 0.1) is 0 Å². The second kappa shape index (κ2) is 10.1. The number of amides is 2. The molecule has 1 aliphatic carbocycles. The first-order valence-corrected chi connectivity index (χ1v) is 12.3. The van der Waals surface area contributed by atoms with Crippen molar-refractivity contribution in [3.8, 4) is 0 Å². The van der Waals surface area contributed by atoms with Gasteiger partial charge in [0.2, 0.25) is 5.91 Å². The molecule has 3 aromatic rings. The highest BCUT2D eigenvalue weighted by molar-refractivity contribution is 9.10. The molecule has 0 aliphatic heterocycles. The Kier molecular flexibility index (Phi) is 7.12. The Bertz CT molecular complexity index is 1220. The molecule has 0 fully saturated rings. The minimum atomic E-state index is -0.523. The normalized spacial score (nSPS) is 15.8. The van der Waals surface area contributed by atoms with E-state index in [4.69, 9.17) is 4.74 Å². The molecule has 3 N–H and O–H groups in total. The van der Waals surface area contributed by atoms with Crippen molar-refractivity contribution in [2.24, 2.45) is 0 Å². The molecule has 178 valence electrons. The Morgan fingerprint density at radius 1 is 1.18 bits per heavy atom. The van der Waals surface area contributed by atoms with Crippen molar-refractivity contribution in [1.82, 2.24) is 10.3 Å². The van der Waals surface area contributed by atoms with Crippen LogP contribution in [0.5, 0.6) is 0 Å². The molecule has 0 saturated heterocycles. The molecule has 2 amide bonds. The number of carbonyl (C=O) groups is 2. The zero-order valence-electron chi connectivity index (χ0n) is 19.7. The number of benzene rings is 2. The van der Waals surface area contributed by atoms with Crippen molar-refractivity contribution in [2.45, 2.75) is 58.1 Å². The highest BCUT2D eigenvalue weighted by Gasteiger charge is 2.26. The van der Waals surface area contributed by atoms with E-state index in [2.05, 4.69) is 31.5 Å². The minimum Gasteiger partial charge on any atom is -0.444 e. The number of aromatic nitrogens is 1. The number of fused-ring (bicyclic) bond motifs is 3. The number of ether oxygens (including phenoxy) is 1. The monoisotopic (exact) mass is 523 g/mol. The molecule has 0 bridgehead atoms. The van der Waals surface area contributed by atoms with Crippen molar-refractivity contribution in [3.05, 3.63) is 69.8 Å². The summed E-state index contributed by atoms with van der Waals surface area (Å²) < 4.78 is 6.44. The molecule has 1 aliphatic rings. The summed E-state index contributed by atoms with van der Waals surface area (Å²) >= 11 is 3.42. The van der Waals surface area contributed by atoms with Crippen molar-refractivity contribution >= 4 is 50.6 Å². The first kappa shape index (κ1) is 24.1. The van der Waals surface area contributed by atoms with E-state index in [-0.39, 0.29) is 18.0 Å². The van der Waals surface area contributed by atoms with Gasteiger partial charge >= 0.3 is 6.09 Å². The lowest BCUT2D eigenvalue weighted by Crippen LogP contribution is -2.41. The quantitative estimate of drug-likeness (QED) is 0.364. The van der Waals surface area contributed by atoms with Gasteiger partial charge in [-0.05, 0) is 81.5 Å². The van der Waals surface area contributed by atoms with Gasteiger partial charge in [0.15, 0.2) is 0 Å². The number of alkyl carbamates (subject to hydrolysis) is 1. The predicted octanol–water partition coefficient (Wildman–Crippen LogP) is 6.35. The lowest BCUT2D eigenvalue weighted by atomic mass is 9.91. The van der Waals surface area contributed by atoms with E-state index in [0.29, 0.717) is 6.42 Å². The summed E-state index contributed by atoms with van der Waals surface area (Å²) in [7, 11) is 0. The fraction of sp³-hybridized carbons (Fsp3) is 0.333. The van der Waals surface area contributed by atoms with Crippen LogP contribution in [0.2, 0.25) is 0 Å². The van der Waals surface area contributed by atoms with E-state index in [1.165, 1.54) is 11.3 Å². The van der Waals surface area contributed by atoms with E-state index in [1.54, 1.807) is 0 Å². The molecule has 1 aromatic heterocycles. The van der Waals surface area contributed by atoms with E-state index >= 15 is 0 Å². The minimum absolute atomic E-state index is 0.0170. The topological polar surface area (TPSA) is 83.2 Å². The number of H-pyrrole nitrogens is 1. The largest absolute Gasteiger partial charge is 0.444 e. The summed E-state index contributed by atoms with van der Waals surface area (Å²) in [5.41, 5.74) is 4.71. The standard InChI is InChI=1S/C27H30BrN3O3/c1-27(2,3)34-26(33)30-20-12-14-24-22(16-20)21-15-19(11-13-23(21)31-24)29-25(32)6-4-5-17-7-9-18(28)10-8-17/h4-5,7-11,13,15,20,31H,6,12,14,16H2,1-3H3,(H,29,32)(H,30,33). The summed E-state index contributed by atoms with van der Waals surface area (Å²) in [6, 6.07) is 13.9. The second-order valence-electron chi connectivity index (χ2n) is 9.63. The maximum atomic E-state index is 12.5. The van der Waals surface area contributed by atoms with Crippen LogP contribution in [0.15, 0.2) is 53.0 Å². The summed E-state index contributed by atoms with van der Waals surface area (Å²) in [4.78, 5) is 28.2. The SMILES string of the molecule is CC(C)(C)OC(=O)NC1CCc2[nH]c3ccc(NC(=O)CC=Cc4ccc(Br)cc4)cc3c2C1. The maximum Gasteiger partial charge on any atom is 0.407 e. The number of halogens is 1. The van der Waals surface area contributed by atoms with E-state index < -0.39 is 5.60 Å². The zero-order chi connectivity index (χ0) is 24.3. The maximum absolute atomic E-state index is 12.5. The number of hydrogen-bond donors (Lipinski definition) is 3. The third-order valence-electron chi connectivity index (χ3n) is 5.68. The average Bonchev–Trinajstić information content (AvgIpc) is 3.11. The lowest BCUT2D eigenvalue weighted by molar-refractivity contribution is -0.115. The van der Waals surface area contributed by atoms with Gasteiger partial charge < -0.3 is 20.4 Å². The van der Waals surface area contributed by atoms with Crippen molar-refractivity contribution < 1.29 is 14.3 Å². The van der Waals surface area contributed by atoms with Gasteiger partial charge in [-0.2, -0.15) is 0 Å².